The molecule has 0 unspecified atom stereocenters. The molecule has 0 saturated heterocycles. The van der Waals surface area contributed by atoms with Crippen molar-refractivity contribution in [1.29, 1.82) is 0 Å². The molecule has 7 aromatic carbocycles. The molecule has 0 saturated carbocycles. The van der Waals surface area contributed by atoms with Gasteiger partial charge in [0.1, 0.15) is 0 Å². The first-order chi connectivity index (χ1) is 22.4. The van der Waals surface area contributed by atoms with Crippen LogP contribution in [-0.4, -0.2) is 4.57 Å². The molecule has 2 nitrogen and oxygen atoms in total. The van der Waals surface area contributed by atoms with Crippen molar-refractivity contribution < 1.29 is 0 Å². The second-order valence-corrected chi connectivity index (χ2v) is 12.4. The second-order valence-electron chi connectivity index (χ2n) is 11.3. The standard InChI is InChI=1S/C42H28N2S/c1-4-15-29(16-5-1)43(30-17-6-2-7-18-30)38-28-27-33(42-41(38)35-22-11-13-26-39(35)45-42)32-23-14-25-37-40(32)34-21-10-12-24-36(34)44(37)31-19-8-3-9-20-31/h1-28H. The minimum atomic E-state index is 1.14. The van der Waals surface area contributed by atoms with E-state index >= 15 is 0 Å². The molecular formula is C42H28N2S. The lowest BCUT2D eigenvalue weighted by atomic mass is 9.96. The molecule has 45 heavy (non-hydrogen) atoms. The molecule has 0 bridgehead atoms. The third kappa shape index (κ3) is 4.09. The Labute approximate surface area is 265 Å². The van der Waals surface area contributed by atoms with E-state index in [2.05, 4.69) is 179 Å². The molecule has 9 rings (SSSR count). The van der Waals surface area contributed by atoms with Gasteiger partial charge in [-0.25, -0.2) is 0 Å². The van der Waals surface area contributed by atoms with E-state index in [1.807, 2.05) is 11.3 Å². The Morgan fingerprint density at radius 2 is 1.02 bits per heavy atom. The average Bonchev–Trinajstić information content (AvgIpc) is 3.67. The summed E-state index contributed by atoms with van der Waals surface area (Å²) in [5.74, 6) is 0. The van der Waals surface area contributed by atoms with E-state index in [0.717, 1.165) is 11.4 Å². The summed E-state index contributed by atoms with van der Waals surface area (Å²) in [6.07, 6.45) is 0. The fourth-order valence-electron chi connectivity index (χ4n) is 6.89. The van der Waals surface area contributed by atoms with E-state index in [-0.39, 0.29) is 0 Å². The zero-order valence-corrected chi connectivity index (χ0v) is 25.3. The highest BCUT2D eigenvalue weighted by molar-refractivity contribution is 7.26. The predicted octanol–water partition coefficient (Wildman–Crippen LogP) is 12.3. The fraction of sp³-hybridized carbons (Fsp3) is 0. The number of hydrogen-bond acceptors (Lipinski definition) is 2. The van der Waals surface area contributed by atoms with Gasteiger partial charge in [-0.15, -0.1) is 11.3 Å². The maximum Gasteiger partial charge on any atom is 0.0555 e. The Morgan fingerprint density at radius 3 is 1.76 bits per heavy atom. The van der Waals surface area contributed by atoms with Crippen molar-refractivity contribution in [3.8, 4) is 16.8 Å². The van der Waals surface area contributed by atoms with Gasteiger partial charge in [0.2, 0.25) is 0 Å². The normalized spacial score (nSPS) is 11.6. The van der Waals surface area contributed by atoms with Crippen LogP contribution in [0.15, 0.2) is 170 Å². The van der Waals surface area contributed by atoms with Crippen LogP contribution in [0.5, 0.6) is 0 Å². The van der Waals surface area contributed by atoms with Crippen molar-refractivity contribution >= 4 is 70.4 Å². The number of fused-ring (bicyclic) bond motifs is 6. The highest BCUT2D eigenvalue weighted by Crippen LogP contribution is 2.49. The van der Waals surface area contributed by atoms with Crippen molar-refractivity contribution in [2.24, 2.45) is 0 Å². The molecule has 3 heteroatoms. The van der Waals surface area contributed by atoms with Crippen LogP contribution >= 0.6 is 11.3 Å². The monoisotopic (exact) mass is 592 g/mol. The molecule has 0 aliphatic heterocycles. The number of aromatic nitrogens is 1. The molecule has 0 amide bonds. The zero-order valence-electron chi connectivity index (χ0n) is 24.5. The zero-order chi connectivity index (χ0) is 29.7. The van der Waals surface area contributed by atoms with Gasteiger partial charge in [0.25, 0.3) is 0 Å². The van der Waals surface area contributed by atoms with Crippen molar-refractivity contribution in [2.45, 2.75) is 0 Å². The molecule has 212 valence electrons. The Morgan fingerprint density at radius 1 is 0.422 bits per heavy atom. The van der Waals surface area contributed by atoms with Crippen LogP contribution in [0, 0.1) is 0 Å². The molecule has 0 N–H and O–H groups in total. The molecule has 0 aliphatic carbocycles. The Bertz CT molecular complexity index is 2440. The van der Waals surface area contributed by atoms with Gasteiger partial charge in [0.05, 0.1) is 16.7 Å². The van der Waals surface area contributed by atoms with Crippen LogP contribution in [0.3, 0.4) is 0 Å². The van der Waals surface area contributed by atoms with E-state index in [9.17, 15) is 0 Å². The molecule has 0 aliphatic rings. The van der Waals surface area contributed by atoms with Gasteiger partial charge >= 0.3 is 0 Å². The van der Waals surface area contributed by atoms with Gasteiger partial charge < -0.3 is 9.47 Å². The number of benzene rings is 7. The highest BCUT2D eigenvalue weighted by Gasteiger charge is 2.23. The highest BCUT2D eigenvalue weighted by atomic mass is 32.1. The first-order valence-electron chi connectivity index (χ1n) is 15.3. The first kappa shape index (κ1) is 25.8. The predicted molar refractivity (Wildman–Crippen MR) is 194 cm³/mol. The van der Waals surface area contributed by atoms with Crippen LogP contribution in [0.2, 0.25) is 0 Å². The third-order valence-electron chi connectivity index (χ3n) is 8.78. The smallest absolute Gasteiger partial charge is 0.0555 e. The SMILES string of the molecule is c1ccc(N(c2ccccc2)c2ccc(-c3cccc4c3c3ccccc3n4-c3ccccc3)c3sc4ccccc4c23)cc1. The van der Waals surface area contributed by atoms with Crippen LogP contribution < -0.4 is 4.90 Å². The summed E-state index contributed by atoms with van der Waals surface area (Å²) in [5, 5.41) is 5.11. The quantitative estimate of drug-likeness (QED) is 0.193. The first-order valence-corrected chi connectivity index (χ1v) is 16.1. The summed E-state index contributed by atoms with van der Waals surface area (Å²) in [6.45, 7) is 0. The van der Waals surface area contributed by atoms with Gasteiger partial charge in [-0.1, -0.05) is 109 Å². The minimum Gasteiger partial charge on any atom is -0.310 e. The number of hydrogen-bond donors (Lipinski definition) is 0. The number of para-hydroxylation sites is 4. The number of thiophene rings is 1. The van der Waals surface area contributed by atoms with E-state index in [1.54, 1.807) is 0 Å². The van der Waals surface area contributed by atoms with Crippen LogP contribution in [0.1, 0.15) is 0 Å². The molecule has 9 aromatic rings. The van der Waals surface area contributed by atoms with Crippen molar-refractivity contribution in [3.05, 3.63) is 170 Å². The summed E-state index contributed by atoms with van der Waals surface area (Å²) in [4.78, 5) is 2.40. The summed E-state index contributed by atoms with van der Waals surface area (Å²) in [5.41, 5.74) is 9.59. The van der Waals surface area contributed by atoms with E-state index in [1.165, 1.54) is 64.5 Å². The van der Waals surface area contributed by atoms with Crippen molar-refractivity contribution in [3.63, 3.8) is 0 Å². The maximum absolute atomic E-state index is 2.40. The van der Waals surface area contributed by atoms with Crippen molar-refractivity contribution in [2.75, 3.05) is 4.90 Å². The molecular weight excluding hydrogens is 565 g/mol. The van der Waals surface area contributed by atoms with Crippen LogP contribution in [0.4, 0.5) is 17.1 Å². The second kappa shape index (κ2) is 10.5. The Balaban J connectivity index is 1.38. The van der Waals surface area contributed by atoms with Gasteiger partial charge in [0, 0.05) is 53.6 Å². The lowest BCUT2D eigenvalue weighted by Gasteiger charge is -2.27. The van der Waals surface area contributed by atoms with E-state index in [0.29, 0.717) is 0 Å². The summed E-state index contributed by atoms with van der Waals surface area (Å²) >= 11 is 1.89. The van der Waals surface area contributed by atoms with Gasteiger partial charge in [0.15, 0.2) is 0 Å². The van der Waals surface area contributed by atoms with Gasteiger partial charge in [-0.2, -0.15) is 0 Å². The topological polar surface area (TPSA) is 8.17 Å². The fourth-order valence-corrected chi connectivity index (χ4v) is 8.14. The number of anilines is 3. The van der Waals surface area contributed by atoms with Gasteiger partial charge in [-0.05, 0) is 66.2 Å². The van der Waals surface area contributed by atoms with Crippen LogP contribution in [-0.2, 0) is 0 Å². The molecule has 0 atom stereocenters. The third-order valence-corrected chi connectivity index (χ3v) is 9.98. The lowest BCUT2D eigenvalue weighted by molar-refractivity contribution is 1.18. The number of rotatable bonds is 5. The van der Waals surface area contributed by atoms with Crippen molar-refractivity contribution in [1.82, 2.24) is 4.57 Å². The molecule has 0 spiro atoms. The molecule has 2 aromatic heterocycles. The Hall–Kier alpha value is -5.64. The average molecular weight is 593 g/mol. The van der Waals surface area contributed by atoms with Gasteiger partial charge in [-0.3, -0.25) is 0 Å². The molecule has 0 radical (unpaired) electrons. The number of nitrogens with zero attached hydrogens (tertiary/aromatic N) is 2. The van der Waals surface area contributed by atoms with E-state index < -0.39 is 0 Å². The summed E-state index contributed by atoms with van der Waals surface area (Å²) in [6, 6.07) is 61.2. The maximum atomic E-state index is 2.40. The minimum absolute atomic E-state index is 1.14. The summed E-state index contributed by atoms with van der Waals surface area (Å²) in [7, 11) is 0. The lowest BCUT2D eigenvalue weighted by Crippen LogP contribution is -2.10. The molecule has 0 fully saturated rings. The molecule has 2 heterocycles. The summed E-state index contributed by atoms with van der Waals surface area (Å²) < 4.78 is 4.99. The Kier molecular flexibility index (Phi) is 6.03. The van der Waals surface area contributed by atoms with E-state index in [4.69, 9.17) is 0 Å². The largest absolute Gasteiger partial charge is 0.310 e. The van der Waals surface area contributed by atoms with Crippen LogP contribution in [0.25, 0.3) is 58.8 Å².